The molecule has 110 valence electrons. The number of halogens is 1. The number of hydrogen-bond donors (Lipinski definition) is 1. The first-order valence-electron chi connectivity index (χ1n) is 7.07. The SMILES string of the molecule is Clc1ccc(N2NS2(c2ccccc2)c2ccccc2)cc1. The monoisotopic (exact) mass is 326 g/mol. The van der Waals surface area contributed by atoms with Crippen molar-refractivity contribution in [1.82, 2.24) is 4.83 Å². The van der Waals surface area contributed by atoms with Gasteiger partial charge in [-0.25, -0.2) is 4.41 Å². The number of hydrazine groups is 1. The summed E-state index contributed by atoms with van der Waals surface area (Å²) in [5.41, 5.74) is 1.13. The maximum atomic E-state index is 6.01. The molecule has 1 aliphatic heterocycles. The molecule has 0 unspecified atom stereocenters. The molecule has 1 N–H and O–H groups in total. The maximum Gasteiger partial charge on any atom is 0.0661 e. The van der Waals surface area contributed by atoms with E-state index in [0.717, 1.165) is 10.7 Å². The molecule has 3 aromatic carbocycles. The second-order valence-electron chi connectivity index (χ2n) is 5.07. The average Bonchev–Trinajstić information content (AvgIpc) is 3.34. The van der Waals surface area contributed by atoms with Crippen molar-refractivity contribution in [2.45, 2.75) is 9.79 Å². The van der Waals surface area contributed by atoms with Crippen LogP contribution in [0.3, 0.4) is 0 Å². The molecule has 0 radical (unpaired) electrons. The molecule has 2 nitrogen and oxygen atoms in total. The summed E-state index contributed by atoms with van der Waals surface area (Å²) < 4.78 is 2.26. The maximum absolute atomic E-state index is 6.01. The van der Waals surface area contributed by atoms with Crippen LogP contribution in [0.1, 0.15) is 0 Å². The molecule has 0 bridgehead atoms. The van der Waals surface area contributed by atoms with Crippen LogP contribution in [0.4, 0.5) is 5.69 Å². The number of anilines is 1. The molecule has 4 heteroatoms. The summed E-state index contributed by atoms with van der Waals surface area (Å²) in [5, 5.41) is 0.755. The standard InChI is InChI=1S/C18H15ClN2S/c19-15-11-13-16(14-12-15)21-20-22(21,17-7-3-1-4-8-17)18-9-5-2-6-10-18/h1-14,20H. The van der Waals surface area contributed by atoms with Gasteiger partial charge in [-0.15, -0.1) is 0 Å². The van der Waals surface area contributed by atoms with E-state index in [1.54, 1.807) is 0 Å². The zero-order valence-electron chi connectivity index (χ0n) is 11.8. The van der Waals surface area contributed by atoms with Gasteiger partial charge in [-0.05, 0) is 58.9 Å². The Labute approximate surface area is 136 Å². The van der Waals surface area contributed by atoms with Crippen LogP contribution < -0.4 is 9.25 Å². The van der Waals surface area contributed by atoms with E-state index in [0.29, 0.717) is 0 Å². The highest BCUT2D eigenvalue weighted by Gasteiger charge is 2.50. The molecule has 1 heterocycles. The minimum atomic E-state index is -1.36. The van der Waals surface area contributed by atoms with E-state index < -0.39 is 10.4 Å². The van der Waals surface area contributed by atoms with Crippen molar-refractivity contribution >= 4 is 27.7 Å². The predicted molar refractivity (Wildman–Crippen MR) is 94.1 cm³/mol. The largest absolute Gasteiger partial charge is 0.237 e. The summed E-state index contributed by atoms with van der Waals surface area (Å²) in [4.78, 5) is 6.23. The highest BCUT2D eigenvalue weighted by molar-refractivity contribution is 8.38. The minimum Gasteiger partial charge on any atom is -0.237 e. The number of nitrogens with zero attached hydrogens (tertiary/aromatic N) is 1. The fraction of sp³-hybridized carbons (Fsp3) is 0. The van der Waals surface area contributed by atoms with Crippen molar-refractivity contribution < 1.29 is 0 Å². The summed E-state index contributed by atoms with van der Waals surface area (Å²) in [6.07, 6.45) is 0. The lowest BCUT2D eigenvalue weighted by Crippen LogP contribution is -1.97. The van der Waals surface area contributed by atoms with E-state index in [9.17, 15) is 0 Å². The van der Waals surface area contributed by atoms with Gasteiger partial charge >= 0.3 is 0 Å². The molecule has 1 aliphatic rings. The Morgan fingerprint density at radius 2 is 1.18 bits per heavy atom. The fourth-order valence-corrected chi connectivity index (χ4v) is 5.68. The highest BCUT2D eigenvalue weighted by atomic mass is 35.5. The van der Waals surface area contributed by atoms with Crippen LogP contribution in [0.5, 0.6) is 0 Å². The highest BCUT2D eigenvalue weighted by Crippen LogP contribution is 2.72. The van der Waals surface area contributed by atoms with E-state index in [4.69, 9.17) is 11.6 Å². The fourth-order valence-electron chi connectivity index (χ4n) is 2.58. The molecule has 1 saturated heterocycles. The first-order valence-corrected chi connectivity index (χ1v) is 9.04. The van der Waals surface area contributed by atoms with Crippen molar-refractivity contribution in [3.05, 3.63) is 90.0 Å². The topological polar surface area (TPSA) is 25.0 Å². The van der Waals surface area contributed by atoms with Gasteiger partial charge in [0, 0.05) is 14.8 Å². The molecule has 4 rings (SSSR count). The van der Waals surface area contributed by atoms with E-state index in [-0.39, 0.29) is 0 Å². The lowest BCUT2D eigenvalue weighted by atomic mass is 10.3. The second kappa shape index (κ2) is 5.36. The van der Waals surface area contributed by atoms with Crippen LogP contribution in [0.2, 0.25) is 5.02 Å². The van der Waals surface area contributed by atoms with Crippen LogP contribution in [-0.4, -0.2) is 0 Å². The molecule has 0 atom stereocenters. The van der Waals surface area contributed by atoms with Gasteiger partial charge < -0.3 is 0 Å². The molecule has 0 aliphatic carbocycles. The predicted octanol–water partition coefficient (Wildman–Crippen LogP) is 5.42. The van der Waals surface area contributed by atoms with Crippen LogP contribution >= 0.6 is 22.0 Å². The van der Waals surface area contributed by atoms with Crippen molar-refractivity contribution in [2.75, 3.05) is 4.41 Å². The average molecular weight is 327 g/mol. The third-order valence-electron chi connectivity index (χ3n) is 3.69. The molecule has 0 amide bonds. The van der Waals surface area contributed by atoms with E-state index in [1.807, 2.05) is 12.1 Å². The van der Waals surface area contributed by atoms with Crippen LogP contribution in [-0.2, 0) is 0 Å². The van der Waals surface area contributed by atoms with Crippen LogP contribution in [0, 0.1) is 0 Å². The number of nitrogens with one attached hydrogen (secondary N) is 1. The first-order chi connectivity index (χ1) is 10.8. The van der Waals surface area contributed by atoms with Crippen molar-refractivity contribution in [3.8, 4) is 0 Å². The first kappa shape index (κ1) is 13.7. The number of rotatable bonds is 3. The number of benzene rings is 3. The lowest BCUT2D eigenvalue weighted by Gasteiger charge is -2.20. The molecule has 22 heavy (non-hydrogen) atoms. The quantitative estimate of drug-likeness (QED) is 0.650. The van der Waals surface area contributed by atoms with Gasteiger partial charge in [0.2, 0.25) is 0 Å². The van der Waals surface area contributed by atoms with Gasteiger partial charge in [0.1, 0.15) is 0 Å². The van der Waals surface area contributed by atoms with Crippen molar-refractivity contribution in [2.24, 2.45) is 0 Å². The molecule has 0 spiro atoms. The third kappa shape index (κ3) is 2.18. The third-order valence-corrected chi connectivity index (χ3v) is 6.97. The molecular formula is C18H15ClN2S. The van der Waals surface area contributed by atoms with Gasteiger partial charge in [0.25, 0.3) is 0 Å². The molecule has 3 aromatic rings. The van der Waals surface area contributed by atoms with Gasteiger partial charge in [-0.3, -0.25) is 0 Å². The zero-order chi connectivity index (χ0) is 15.0. The van der Waals surface area contributed by atoms with Gasteiger partial charge in [0.15, 0.2) is 0 Å². The lowest BCUT2D eigenvalue weighted by molar-refractivity contribution is 1.24. The summed E-state index contributed by atoms with van der Waals surface area (Å²) in [7, 11) is -1.36. The molecule has 0 aromatic heterocycles. The summed E-state index contributed by atoms with van der Waals surface area (Å²) in [6, 6.07) is 29.2. The van der Waals surface area contributed by atoms with Crippen LogP contribution in [0.15, 0.2) is 94.7 Å². The zero-order valence-corrected chi connectivity index (χ0v) is 13.4. The molecule has 1 fully saturated rings. The smallest absolute Gasteiger partial charge is 0.0661 e. The van der Waals surface area contributed by atoms with Gasteiger partial charge in [-0.1, -0.05) is 48.0 Å². The Morgan fingerprint density at radius 1 is 0.682 bits per heavy atom. The van der Waals surface area contributed by atoms with Crippen LogP contribution in [0.25, 0.3) is 0 Å². The van der Waals surface area contributed by atoms with E-state index >= 15 is 0 Å². The Kier molecular flexibility index (Phi) is 3.34. The Balaban J connectivity index is 1.81. The van der Waals surface area contributed by atoms with Crippen molar-refractivity contribution in [1.29, 1.82) is 0 Å². The molecular weight excluding hydrogens is 312 g/mol. The molecule has 0 saturated carbocycles. The minimum absolute atomic E-state index is 0.755. The Bertz CT molecular complexity index is 736. The summed E-state index contributed by atoms with van der Waals surface area (Å²) in [6.45, 7) is 0. The normalized spacial score (nSPS) is 17.0. The number of hydrogen-bond acceptors (Lipinski definition) is 2. The van der Waals surface area contributed by atoms with Crippen molar-refractivity contribution in [3.63, 3.8) is 0 Å². The van der Waals surface area contributed by atoms with E-state index in [2.05, 4.69) is 82.0 Å². The second-order valence-corrected chi connectivity index (χ2v) is 8.16. The Hall–Kier alpha value is -1.94. The van der Waals surface area contributed by atoms with Gasteiger partial charge in [0.05, 0.1) is 5.69 Å². The van der Waals surface area contributed by atoms with E-state index in [1.165, 1.54) is 9.79 Å². The Morgan fingerprint density at radius 3 is 1.68 bits per heavy atom. The summed E-state index contributed by atoms with van der Waals surface area (Å²) in [5.74, 6) is 0. The summed E-state index contributed by atoms with van der Waals surface area (Å²) >= 11 is 6.01. The van der Waals surface area contributed by atoms with Gasteiger partial charge in [-0.2, -0.15) is 4.83 Å².